The van der Waals surface area contributed by atoms with Gasteiger partial charge in [0.2, 0.25) is 0 Å². The van der Waals surface area contributed by atoms with Gasteiger partial charge in [-0.2, -0.15) is 0 Å². The lowest BCUT2D eigenvalue weighted by Gasteiger charge is -2.09. The van der Waals surface area contributed by atoms with Gasteiger partial charge in [0, 0.05) is 11.8 Å². The monoisotopic (exact) mass is 235 g/mol. The third-order valence-electron chi connectivity index (χ3n) is 3.01. The average Bonchev–Trinajstić information content (AvgIpc) is 2.46. The molecule has 3 aromatic rings. The maximum atomic E-state index is 5.47. The molecule has 0 saturated carbocycles. The molecule has 0 fully saturated rings. The van der Waals surface area contributed by atoms with Crippen LogP contribution in [-0.2, 0) is 0 Å². The molecular weight excluding hydrogens is 222 g/mol. The summed E-state index contributed by atoms with van der Waals surface area (Å²) in [7, 11) is 1.69. The summed E-state index contributed by atoms with van der Waals surface area (Å²) >= 11 is 0. The van der Waals surface area contributed by atoms with Crippen LogP contribution < -0.4 is 4.74 Å². The van der Waals surface area contributed by atoms with Gasteiger partial charge >= 0.3 is 0 Å². The summed E-state index contributed by atoms with van der Waals surface area (Å²) < 4.78 is 5.47. The Balaban J connectivity index is 2.27. The Morgan fingerprint density at radius 1 is 0.889 bits per heavy atom. The fraction of sp³-hybridized carbons (Fsp3) is 0.0625. The van der Waals surface area contributed by atoms with Crippen LogP contribution in [0.5, 0.6) is 5.75 Å². The topological polar surface area (TPSA) is 22.1 Å². The van der Waals surface area contributed by atoms with E-state index < -0.39 is 0 Å². The Labute approximate surface area is 106 Å². The van der Waals surface area contributed by atoms with Gasteiger partial charge in [-0.1, -0.05) is 30.3 Å². The van der Waals surface area contributed by atoms with Crippen LogP contribution in [0.25, 0.3) is 22.0 Å². The molecule has 0 unspecified atom stereocenters. The van der Waals surface area contributed by atoms with Crippen molar-refractivity contribution in [2.24, 2.45) is 0 Å². The minimum atomic E-state index is 0.854. The Kier molecular flexibility index (Phi) is 2.69. The minimum absolute atomic E-state index is 0.854. The van der Waals surface area contributed by atoms with Crippen molar-refractivity contribution in [2.45, 2.75) is 0 Å². The van der Waals surface area contributed by atoms with Crippen LogP contribution in [0.2, 0.25) is 0 Å². The quantitative estimate of drug-likeness (QED) is 0.671. The normalized spacial score (nSPS) is 10.5. The van der Waals surface area contributed by atoms with Crippen LogP contribution in [0.1, 0.15) is 0 Å². The first-order valence-corrected chi connectivity index (χ1v) is 5.86. The lowest BCUT2D eigenvalue weighted by atomic mass is 10.0. The molecule has 0 saturated heterocycles. The number of ether oxygens (including phenoxy) is 1. The van der Waals surface area contributed by atoms with Crippen molar-refractivity contribution in [3.8, 4) is 17.0 Å². The zero-order valence-corrected chi connectivity index (χ0v) is 10.1. The molecule has 0 N–H and O–H groups in total. The SMILES string of the molecule is COc1cc2ccccc2cc1-c1ccccn1. The van der Waals surface area contributed by atoms with Gasteiger partial charge in [0.05, 0.1) is 12.8 Å². The molecule has 0 aliphatic heterocycles. The molecule has 0 aliphatic rings. The van der Waals surface area contributed by atoms with Crippen LogP contribution in [0.3, 0.4) is 0 Å². The first-order valence-electron chi connectivity index (χ1n) is 5.86. The fourth-order valence-electron chi connectivity index (χ4n) is 2.11. The molecule has 88 valence electrons. The Morgan fingerprint density at radius 2 is 1.61 bits per heavy atom. The van der Waals surface area contributed by atoms with Gasteiger partial charge in [0.1, 0.15) is 5.75 Å². The second kappa shape index (κ2) is 4.49. The smallest absolute Gasteiger partial charge is 0.128 e. The number of methoxy groups -OCH3 is 1. The lowest BCUT2D eigenvalue weighted by molar-refractivity contribution is 0.417. The van der Waals surface area contributed by atoms with E-state index >= 15 is 0 Å². The summed E-state index contributed by atoms with van der Waals surface area (Å²) in [6.45, 7) is 0. The minimum Gasteiger partial charge on any atom is -0.496 e. The molecule has 0 amide bonds. The highest BCUT2D eigenvalue weighted by Gasteiger charge is 2.08. The third-order valence-corrected chi connectivity index (χ3v) is 3.01. The highest BCUT2D eigenvalue weighted by molar-refractivity contribution is 5.90. The fourth-order valence-corrected chi connectivity index (χ4v) is 2.11. The maximum absolute atomic E-state index is 5.47. The van der Waals surface area contributed by atoms with Crippen LogP contribution in [-0.4, -0.2) is 12.1 Å². The number of aromatic nitrogens is 1. The van der Waals surface area contributed by atoms with Crippen molar-refractivity contribution < 1.29 is 4.74 Å². The second-order valence-electron chi connectivity index (χ2n) is 4.11. The number of nitrogens with zero attached hydrogens (tertiary/aromatic N) is 1. The highest BCUT2D eigenvalue weighted by atomic mass is 16.5. The predicted octanol–water partition coefficient (Wildman–Crippen LogP) is 3.91. The van der Waals surface area contributed by atoms with E-state index in [1.807, 2.05) is 30.3 Å². The van der Waals surface area contributed by atoms with Crippen LogP contribution in [0.4, 0.5) is 0 Å². The molecule has 1 aromatic heterocycles. The number of fused-ring (bicyclic) bond motifs is 1. The van der Waals surface area contributed by atoms with Crippen LogP contribution in [0, 0.1) is 0 Å². The molecule has 0 bridgehead atoms. The Hall–Kier alpha value is -2.35. The summed E-state index contributed by atoms with van der Waals surface area (Å²) in [5.74, 6) is 0.854. The van der Waals surface area contributed by atoms with Crippen molar-refractivity contribution in [2.75, 3.05) is 7.11 Å². The lowest BCUT2D eigenvalue weighted by Crippen LogP contribution is -1.90. The van der Waals surface area contributed by atoms with Crippen molar-refractivity contribution in [3.05, 3.63) is 60.8 Å². The van der Waals surface area contributed by atoms with Crippen LogP contribution in [0.15, 0.2) is 60.8 Å². The van der Waals surface area contributed by atoms with E-state index in [4.69, 9.17) is 4.74 Å². The third kappa shape index (κ3) is 1.82. The molecule has 0 spiro atoms. The molecule has 18 heavy (non-hydrogen) atoms. The molecule has 0 aliphatic carbocycles. The Morgan fingerprint density at radius 3 is 2.28 bits per heavy atom. The molecule has 3 rings (SSSR count). The maximum Gasteiger partial charge on any atom is 0.128 e. The summed E-state index contributed by atoms with van der Waals surface area (Å²) in [6, 6.07) is 18.3. The van der Waals surface area contributed by atoms with Gasteiger partial charge in [-0.05, 0) is 35.0 Å². The highest BCUT2D eigenvalue weighted by Crippen LogP contribution is 2.32. The zero-order chi connectivity index (χ0) is 12.4. The van der Waals surface area contributed by atoms with E-state index in [2.05, 4.69) is 29.2 Å². The van der Waals surface area contributed by atoms with Gasteiger partial charge in [-0.15, -0.1) is 0 Å². The largest absolute Gasteiger partial charge is 0.496 e. The Bertz CT molecular complexity index is 677. The summed E-state index contributed by atoms with van der Waals surface area (Å²) in [5.41, 5.74) is 1.96. The van der Waals surface area contributed by atoms with Crippen molar-refractivity contribution in [1.29, 1.82) is 0 Å². The second-order valence-corrected chi connectivity index (χ2v) is 4.11. The van der Waals surface area contributed by atoms with Crippen molar-refractivity contribution in [1.82, 2.24) is 4.98 Å². The van der Waals surface area contributed by atoms with E-state index in [0.717, 1.165) is 17.0 Å². The van der Waals surface area contributed by atoms with E-state index in [1.165, 1.54) is 10.8 Å². The van der Waals surface area contributed by atoms with Crippen molar-refractivity contribution in [3.63, 3.8) is 0 Å². The standard InChI is InChI=1S/C16H13NO/c1-18-16-11-13-7-3-2-6-12(13)10-14(16)15-8-4-5-9-17-15/h2-11H,1H3. The number of pyridine rings is 1. The van der Waals surface area contributed by atoms with E-state index in [1.54, 1.807) is 13.3 Å². The molecule has 0 radical (unpaired) electrons. The first-order chi connectivity index (χ1) is 8.88. The molecule has 1 heterocycles. The van der Waals surface area contributed by atoms with Gasteiger partial charge < -0.3 is 4.74 Å². The average molecular weight is 235 g/mol. The van der Waals surface area contributed by atoms with Crippen molar-refractivity contribution >= 4 is 10.8 Å². The molecule has 2 heteroatoms. The summed E-state index contributed by atoms with van der Waals surface area (Å²) in [4.78, 5) is 4.38. The number of rotatable bonds is 2. The van der Waals surface area contributed by atoms with Gasteiger partial charge in [-0.3, -0.25) is 4.98 Å². The number of benzene rings is 2. The van der Waals surface area contributed by atoms with Crippen LogP contribution >= 0.6 is 0 Å². The van der Waals surface area contributed by atoms with E-state index in [-0.39, 0.29) is 0 Å². The van der Waals surface area contributed by atoms with Gasteiger partial charge in [-0.25, -0.2) is 0 Å². The van der Waals surface area contributed by atoms with E-state index in [0.29, 0.717) is 0 Å². The molecule has 0 atom stereocenters. The number of hydrogen-bond acceptors (Lipinski definition) is 2. The summed E-state index contributed by atoms with van der Waals surface area (Å²) in [6.07, 6.45) is 1.80. The summed E-state index contributed by atoms with van der Waals surface area (Å²) in [5, 5.41) is 2.37. The molecular formula is C16H13NO. The first kappa shape index (κ1) is 10.8. The molecule has 2 nitrogen and oxygen atoms in total. The van der Waals surface area contributed by atoms with Gasteiger partial charge in [0.25, 0.3) is 0 Å². The zero-order valence-electron chi connectivity index (χ0n) is 10.1. The predicted molar refractivity (Wildman–Crippen MR) is 73.7 cm³/mol. The van der Waals surface area contributed by atoms with E-state index in [9.17, 15) is 0 Å². The molecule has 2 aromatic carbocycles. The van der Waals surface area contributed by atoms with Gasteiger partial charge in [0.15, 0.2) is 0 Å². The number of hydrogen-bond donors (Lipinski definition) is 0.